The molecule has 0 spiro atoms. The molecule has 2 N–H and O–H groups in total. The lowest BCUT2D eigenvalue weighted by molar-refractivity contribution is -0.113. The second-order valence-corrected chi connectivity index (χ2v) is 4.65. The predicted molar refractivity (Wildman–Crippen MR) is 70.7 cm³/mol. The molecule has 1 aromatic carbocycles. The zero-order valence-corrected chi connectivity index (χ0v) is 10.6. The van der Waals surface area contributed by atoms with Crippen LogP contribution in [0.15, 0.2) is 41.8 Å². The number of aromatic nitrogens is 2. The van der Waals surface area contributed by atoms with Crippen LogP contribution in [0.2, 0.25) is 0 Å². The van der Waals surface area contributed by atoms with Gasteiger partial charge in [-0.25, -0.2) is 4.98 Å². The van der Waals surface area contributed by atoms with Crippen molar-refractivity contribution in [2.24, 2.45) is 7.05 Å². The summed E-state index contributed by atoms with van der Waals surface area (Å²) >= 11 is 1.37. The standard InChI is InChI=1S/C12H13N3O2S/c1-15-7-6-13-12(15)18-8-11(17)14-9-2-4-10(16)5-3-9/h2-7,16H,8H2,1H3,(H,14,17). The van der Waals surface area contributed by atoms with E-state index < -0.39 is 0 Å². The normalized spacial score (nSPS) is 10.3. The summed E-state index contributed by atoms with van der Waals surface area (Å²) in [6.45, 7) is 0. The van der Waals surface area contributed by atoms with Crippen LogP contribution >= 0.6 is 11.8 Å². The molecule has 2 rings (SSSR count). The van der Waals surface area contributed by atoms with Crippen molar-refractivity contribution < 1.29 is 9.90 Å². The molecule has 0 fully saturated rings. The van der Waals surface area contributed by atoms with Gasteiger partial charge >= 0.3 is 0 Å². The summed E-state index contributed by atoms with van der Waals surface area (Å²) in [5, 5.41) is 12.7. The molecule has 0 radical (unpaired) electrons. The Morgan fingerprint density at radius 2 is 2.17 bits per heavy atom. The summed E-state index contributed by atoms with van der Waals surface area (Å²) in [4.78, 5) is 15.8. The molecule has 5 nitrogen and oxygen atoms in total. The largest absolute Gasteiger partial charge is 0.508 e. The Bertz CT molecular complexity index is 537. The van der Waals surface area contributed by atoms with Crippen molar-refractivity contribution in [2.75, 3.05) is 11.1 Å². The number of amides is 1. The van der Waals surface area contributed by atoms with Crippen molar-refractivity contribution in [1.82, 2.24) is 9.55 Å². The van der Waals surface area contributed by atoms with Gasteiger partial charge in [-0.1, -0.05) is 11.8 Å². The first kappa shape index (κ1) is 12.5. The van der Waals surface area contributed by atoms with Crippen molar-refractivity contribution in [3.05, 3.63) is 36.7 Å². The molecule has 1 aromatic heterocycles. The van der Waals surface area contributed by atoms with E-state index in [0.29, 0.717) is 11.4 Å². The van der Waals surface area contributed by atoms with Crippen LogP contribution in [0, 0.1) is 0 Å². The van der Waals surface area contributed by atoms with Gasteiger partial charge in [0.1, 0.15) is 5.75 Å². The van der Waals surface area contributed by atoms with E-state index in [1.807, 2.05) is 17.8 Å². The van der Waals surface area contributed by atoms with E-state index in [1.54, 1.807) is 18.3 Å². The van der Waals surface area contributed by atoms with Gasteiger partial charge in [0.05, 0.1) is 5.75 Å². The fourth-order valence-corrected chi connectivity index (χ4v) is 2.10. The summed E-state index contributed by atoms with van der Waals surface area (Å²) in [7, 11) is 1.88. The average Bonchev–Trinajstić information content (AvgIpc) is 2.75. The number of thioether (sulfide) groups is 1. The topological polar surface area (TPSA) is 67.2 Å². The lowest BCUT2D eigenvalue weighted by Crippen LogP contribution is -2.14. The molecule has 0 aliphatic carbocycles. The van der Waals surface area contributed by atoms with Crippen LogP contribution in [0.25, 0.3) is 0 Å². The lowest BCUT2D eigenvalue weighted by atomic mass is 10.3. The molecular formula is C12H13N3O2S. The molecule has 2 aromatic rings. The Balaban J connectivity index is 1.86. The second kappa shape index (κ2) is 5.59. The Labute approximate surface area is 109 Å². The predicted octanol–water partition coefficient (Wildman–Crippen LogP) is 1.86. The van der Waals surface area contributed by atoms with Gasteiger partial charge < -0.3 is 15.0 Å². The highest BCUT2D eigenvalue weighted by Gasteiger charge is 2.06. The minimum Gasteiger partial charge on any atom is -0.508 e. The van der Waals surface area contributed by atoms with Crippen molar-refractivity contribution >= 4 is 23.4 Å². The van der Waals surface area contributed by atoms with Gasteiger partial charge in [-0.3, -0.25) is 4.79 Å². The first-order valence-electron chi connectivity index (χ1n) is 5.34. The van der Waals surface area contributed by atoms with E-state index in [0.717, 1.165) is 5.16 Å². The fourth-order valence-electron chi connectivity index (χ4n) is 1.36. The number of anilines is 1. The smallest absolute Gasteiger partial charge is 0.234 e. The third-order valence-electron chi connectivity index (χ3n) is 2.26. The molecule has 18 heavy (non-hydrogen) atoms. The summed E-state index contributed by atoms with van der Waals surface area (Å²) < 4.78 is 1.86. The number of hydrogen-bond acceptors (Lipinski definition) is 4. The maximum atomic E-state index is 11.7. The number of imidazole rings is 1. The lowest BCUT2D eigenvalue weighted by Gasteiger charge is -2.05. The highest BCUT2D eigenvalue weighted by atomic mass is 32.2. The van der Waals surface area contributed by atoms with Crippen LogP contribution in [0.5, 0.6) is 5.75 Å². The van der Waals surface area contributed by atoms with Gasteiger partial charge in [-0.2, -0.15) is 0 Å². The highest BCUT2D eigenvalue weighted by Crippen LogP contribution is 2.16. The maximum Gasteiger partial charge on any atom is 0.234 e. The number of nitrogens with one attached hydrogen (secondary N) is 1. The summed E-state index contributed by atoms with van der Waals surface area (Å²) in [6.07, 6.45) is 3.53. The van der Waals surface area contributed by atoms with Crippen LogP contribution in [-0.2, 0) is 11.8 Å². The Morgan fingerprint density at radius 3 is 2.78 bits per heavy atom. The molecule has 1 heterocycles. The van der Waals surface area contributed by atoms with Crippen molar-refractivity contribution in [3.8, 4) is 5.75 Å². The summed E-state index contributed by atoms with van der Waals surface area (Å²) in [5.74, 6) is 0.371. The number of aryl methyl sites for hydroxylation is 1. The third-order valence-corrected chi connectivity index (χ3v) is 3.32. The SMILES string of the molecule is Cn1ccnc1SCC(=O)Nc1ccc(O)cc1. The minimum absolute atomic E-state index is 0.103. The molecule has 0 aliphatic heterocycles. The van der Waals surface area contributed by atoms with Crippen LogP contribution in [-0.4, -0.2) is 26.3 Å². The minimum atomic E-state index is -0.103. The number of carbonyl (C=O) groups excluding carboxylic acids is 1. The van der Waals surface area contributed by atoms with Crippen LogP contribution < -0.4 is 5.32 Å². The van der Waals surface area contributed by atoms with Gasteiger partial charge in [-0.05, 0) is 24.3 Å². The molecule has 0 unspecified atom stereocenters. The summed E-state index contributed by atoms with van der Waals surface area (Å²) in [6, 6.07) is 6.36. The van der Waals surface area contributed by atoms with Crippen molar-refractivity contribution in [2.45, 2.75) is 5.16 Å². The molecule has 0 aliphatic rings. The van der Waals surface area contributed by atoms with E-state index in [2.05, 4.69) is 10.3 Å². The molecule has 0 saturated heterocycles. The number of aromatic hydroxyl groups is 1. The number of phenolic OH excluding ortho intramolecular Hbond substituents is 1. The highest BCUT2D eigenvalue weighted by molar-refractivity contribution is 7.99. The molecule has 0 atom stereocenters. The zero-order valence-electron chi connectivity index (χ0n) is 9.83. The second-order valence-electron chi connectivity index (χ2n) is 3.70. The third kappa shape index (κ3) is 3.27. The quantitative estimate of drug-likeness (QED) is 0.652. The van der Waals surface area contributed by atoms with E-state index in [-0.39, 0.29) is 11.7 Å². The molecule has 94 valence electrons. The van der Waals surface area contributed by atoms with Gasteiger partial charge in [0.2, 0.25) is 5.91 Å². The van der Waals surface area contributed by atoms with Crippen LogP contribution in [0.1, 0.15) is 0 Å². The number of rotatable bonds is 4. The Hall–Kier alpha value is -1.95. The van der Waals surface area contributed by atoms with E-state index in [4.69, 9.17) is 5.11 Å². The maximum absolute atomic E-state index is 11.7. The number of phenols is 1. The summed E-state index contributed by atoms with van der Waals surface area (Å²) in [5.41, 5.74) is 0.665. The number of nitrogens with zero attached hydrogens (tertiary/aromatic N) is 2. The fraction of sp³-hybridized carbons (Fsp3) is 0.167. The molecule has 0 saturated carbocycles. The van der Waals surface area contributed by atoms with E-state index >= 15 is 0 Å². The first-order valence-corrected chi connectivity index (χ1v) is 6.33. The molecular weight excluding hydrogens is 250 g/mol. The average molecular weight is 263 g/mol. The van der Waals surface area contributed by atoms with E-state index in [9.17, 15) is 4.79 Å². The Kier molecular flexibility index (Phi) is 3.88. The molecule has 6 heteroatoms. The van der Waals surface area contributed by atoms with Gasteiger partial charge in [0.15, 0.2) is 5.16 Å². The monoisotopic (exact) mass is 263 g/mol. The molecule has 0 bridgehead atoms. The number of benzene rings is 1. The van der Waals surface area contributed by atoms with Gasteiger partial charge in [-0.15, -0.1) is 0 Å². The van der Waals surface area contributed by atoms with Gasteiger partial charge in [0.25, 0.3) is 0 Å². The van der Waals surface area contributed by atoms with Crippen LogP contribution in [0.4, 0.5) is 5.69 Å². The molecule has 1 amide bonds. The number of hydrogen-bond donors (Lipinski definition) is 2. The van der Waals surface area contributed by atoms with Crippen molar-refractivity contribution in [1.29, 1.82) is 0 Å². The van der Waals surface area contributed by atoms with Crippen molar-refractivity contribution in [3.63, 3.8) is 0 Å². The van der Waals surface area contributed by atoms with Crippen LogP contribution in [0.3, 0.4) is 0 Å². The first-order chi connectivity index (χ1) is 8.65. The van der Waals surface area contributed by atoms with Gasteiger partial charge in [0, 0.05) is 25.1 Å². The Morgan fingerprint density at radius 1 is 1.44 bits per heavy atom. The number of carbonyl (C=O) groups is 1. The zero-order chi connectivity index (χ0) is 13.0. The van der Waals surface area contributed by atoms with E-state index in [1.165, 1.54) is 23.9 Å².